The minimum absolute atomic E-state index is 0.0219. The first-order valence-corrected chi connectivity index (χ1v) is 9.80. The molecule has 0 N–H and O–H groups in total. The lowest BCUT2D eigenvalue weighted by Crippen LogP contribution is -2.47. The third kappa shape index (κ3) is 3.99. The Balaban J connectivity index is 1.36. The summed E-state index contributed by atoms with van der Waals surface area (Å²) in [5.41, 5.74) is 1.52. The molecule has 0 aliphatic carbocycles. The van der Waals surface area contributed by atoms with Gasteiger partial charge in [0.05, 0.1) is 13.2 Å². The Bertz CT molecular complexity index is 824. The van der Waals surface area contributed by atoms with Gasteiger partial charge in [-0.1, -0.05) is 12.1 Å². The average Bonchev–Trinajstić information content (AvgIpc) is 2.76. The van der Waals surface area contributed by atoms with E-state index in [4.69, 9.17) is 4.74 Å². The molecule has 0 unspecified atom stereocenters. The van der Waals surface area contributed by atoms with E-state index < -0.39 is 0 Å². The van der Waals surface area contributed by atoms with Crippen molar-refractivity contribution in [3.63, 3.8) is 0 Å². The molecule has 6 nitrogen and oxygen atoms in total. The van der Waals surface area contributed by atoms with Gasteiger partial charge in [0, 0.05) is 37.9 Å². The summed E-state index contributed by atoms with van der Waals surface area (Å²) in [5, 5.41) is 0. The number of carbonyl (C=O) groups excluding carboxylic acids is 1. The molecule has 1 amide bonds. The van der Waals surface area contributed by atoms with E-state index in [2.05, 4.69) is 14.9 Å². The molecule has 2 aliphatic heterocycles. The summed E-state index contributed by atoms with van der Waals surface area (Å²) in [5.74, 6) is 0.725. The van der Waals surface area contributed by atoms with E-state index in [1.165, 1.54) is 6.07 Å². The van der Waals surface area contributed by atoms with E-state index >= 15 is 0 Å². The molecule has 0 bridgehead atoms. The Morgan fingerprint density at radius 3 is 2.64 bits per heavy atom. The van der Waals surface area contributed by atoms with Crippen LogP contribution in [0.1, 0.15) is 30.1 Å². The van der Waals surface area contributed by atoms with Crippen molar-refractivity contribution in [1.29, 1.82) is 0 Å². The van der Waals surface area contributed by atoms with Crippen molar-refractivity contribution >= 4 is 11.9 Å². The first kappa shape index (κ1) is 18.8. The summed E-state index contributed by atoms with van der Waals surface area (Å²) >= 11 is 0. The van der Waals surface area contributed by atoms with Crippen LogP contribution < -0.4 is 4.90 Å². The highest BCUT2D eigenvalue weighted by Crippen LogP contribution is 2.27. The molecular weight excluding hydrogens is 359 g/mol. The van der Waals surface area contributed by atoms with Crippen LogP contribution in [0.25, 0.3) is 0 Å². The van der Waals surface area contributed by atoms with Crippen LogP contribution in [-0.2, 0) is 9.53 Å². The van der Waals surface area contributed by atoms with Gasteiger partial charge in [0.15, 0.2) is 0 Å². The molecule has 2 fully saturated rings. The maximum absolute atomic E-state index is 13.5. The third-order valence-corrected chi connectivity index (χ3v) is 5.61. The molecule has 3 heterocycles. The number of amides is 1. The largest absolute Gasteiger partial charge is 0.370 e. The molecule has 1 atom stereocenters. The lowest BCUT2D eigenvalue weighted by molar-refractivity contribution is -0.144. The van der Waals surface area contributed by atoms with Gasteiger partial charge in [0.25, 0.3) is 0 Å². The molecule has 1 aromatic heterocycles. The van der Waals surface area contributed by atoms with E-state index in [1.807, 2.05) is 11.0 Å². The lowest BCUT2D eigenvalue weighted by Gasteiger charge is -2.38. The molecule has 0 radical (unpaired) electrons. The van der Waals surface area contributed by atoms with Crippen LogP contribution in [0.15, 0.2) is 36.7 Å². The van der Waals surface area contributed by atoms with Crippen LogP contribution in [0.2, 0.25) is 0 Å². The van der Waals surface area contributed by atoms with E-state index in [0.29, 0.717) is 25.3 Å². The van der Waals surface area contributed by atoms with Crippen molar-refractivity contribution in [2.75, 3.05) is 37.7 Å². The molecule has 2 aliphatic rings. The van der Waals surface area contributed by atoms with Gasteiger partial charge >= 0.3 is 0 Å². The van der Waals surface area contributed by atoms with Gasteiger partial charge < -0.3 is 14.5 Å². The Morgan fingerprint density at radius 2 is 1.93 bits per heavy atom. The van der Waals surface area contributed by atoms with Crippen molar-refractivity contribution in [2.45, 2.75) is 25.9 Å². The second kappa shape index (κ2) is 8.22. The zero-order chi connectivity index (χ0) is 19.5. The normalized spacial score (nSPS) is 21.0. The molecule has 0 saturated carbocycles. The highest BCUT2D eigenvalue weighted by molar-refractivity contribution is 5.79. The summed E-state index contributed by atoms with van der Waals surface area (Å²) in [4.78, 5) is 25.7. The number of carbonyl (C=O) groups is 1. The Kier molecular flexibility index (Phi) is 5.52. The van der Waals surface area contributed by atoms with Crippen molar-refractivity contribution in [3.05, 3.63) is 53.6 Å². The summed E-state index contributed by atoms with van der Waals surface area (Å²) in [6.07, 6.45) is 4.88. The molecule has 0 spiro atoms. The smallest absolute Gasteiger partial charge is 0.225 e. The summed E-state index contributed by atoms with van der Waals surface area (Å²) in [6, 6.07) is 6.83. The molecule has 28 heavy (non-hydrogen) atoms. The number of hydrogen-bond donors (Lipinski definition) is 0. The fourth-order valence-electron chi connectivity index (χ4n) is 3.96. The van der Waals surface area contributed by atoms with Crippen LogP contribution in [0, 0.1) is 18.7 Å². The molecule has 2 aromatic rings. The molecule has 148 valence electrons. The minimum Gasteiger partial charge on any atom is -0.370 e. The first-order chi connectivity index (χ1) is 13.6. The number of benzene rings is 1. The fraction of sp³-hybridized carbons (Fsp3) is 0.476. The van der Waals surface area contributed by atoms with E-state index in [0.717, 1.165) is 37.4 Å². The molecule has 7 heteroatoms. The van der Waals surface area contributed by atoms with Gasteiger partial charge in [-0.15, -0.1) is 0 Å². The quantitative estimate of drug-likeness (QED) is 0.814. The SMILES string of the molecule is Cc1cc([C@H]2CN(C(=O)C3CCN(c4ncccn4)CC3)CCO2)ccc1F. The van der Waals surface area contributed by atoms with Crippen LogP contribution in [0.5, 0.6) is 0 Å². The van der Waals surface area contributed by atoms with Crippen molar-refractivity contribution in [2.24, 2.45) is 5.92 Å². The van der Waals surface area contributed by atoms with Gasteiger partial charge in [0.2, 0.25) is 11.9 Å². The molecule has 2 saturated heterocycles. The first-order valence-electron chi connectivity index (χ1n) is 9.80. The zero-order valence-electron chi connectivity index (χ0n) is 16.1. The van der Waals surface area contributed by atoms with Crippen molar-refractivity contribution in [3.8, 4) is 0 Å². The molecule has 4 rings (SSSR count). The topological polar surface area (TPSA) is 58.6 Å². The predicted octanol–water partition coefficient (Wildman–Crippen LogP) is 2.74. The number of morpholine rings is 1. The van der Waals surface area contributed by atoms with E-state index in [-0.39, 0.29) is 23.7 Å². The second-order valence-electron chi connectivity index (χ2n) is 7.46. The van der Waals surface area contributed by atoms with Gasteiger partial charge in [-0.2, -0.15) is 0 Å². The Hall–Kier alpha value is -2.54. The number of hydrogen-bond acceptors (Lipinski definition) is 5. The second-order valence-corrected chi connectivity index (χ2v) is 7.46. The highest BCUT2D eigenvalue weighted by atomic mass is 19.1. The zero-order valence-corrected chi connectivity index (χ0v) is 16.1. The monoisotopic (exact) mass is 384 g/mol. The van der Waals surface area contributed by atoms with Gasteiger partial charge in [0.1, 0.15) is 11.9 Å². The van der Waals surface area contributed by atoms with Crippen molar-refractivity contribution in [1.82, 2.24) is 14.9 Å². The lowest BCUT2D eigenvalue weighted by atomic mass is 9.94. The van der Waals surface area contributed by atoms with E-state index in [9.17, 15) is 9.18 Å². The number of ether oxygens (including phenoxy) is 1. The fourth-order valence-corrected chi connectivity index (χ4v) is 3.96. The van der Waals surface area contributed by atoms with Gasteiger partial charge in [-0.05, 0) is 43.0 Å². The van der Waals surface area contributed by atoms with Crippen LogP contribution in [0.4, 0.5) is 10.3 Å². The Morgan fingerprint density at radius 1 is 1.18 bits per heavy atom. The van der Waals surface area contributed by atoms with Crippen LogP contribution in [0.3, 0.4) is 0 Å². The van der Waals surface area contributed by atoms with Crippen molar-refractivity contribution < 1.29 is 13.9 Å². The summed E-state index contributed by atoms with van der Waals surface area (Å²) < 4.78 is 19.4. The van der Waals surface area contributed by atoms with Crippen LogP contribution in [-0.4, -0.2) is 53.6 Å². The molecule has 1 aromatic carbocycles. The number of anilines is 1. The number of piperidine rings is 1. The summed E-state index contributed by atoms with van der Waals surface area (Å²) in [7, 11) is 0. The predicted molar refractivity (Wildman–Crippen MR) is 103 cm³/mol. The van der Waals surface area contributed by atoms with Gasteiger partial charge in [-0.25, -0.2) is 14.4 Å². The summed E-state index contributed by atoms with van der Waals surface area (Å²) in [6.45, 7) is 4.94. The van der Waals surface area contributed by atoms with Crippen LogP contribution >= 0.6 is 0 Å². The maximum atomic E-state index is 13.5. The minimum atomic E-state index is -0.221. The third-order valence-electron chi connectivity index (χ3n) is 5.61. The average molecular weight is 384 g/mol. The Labute approximate surface area is 164 Å². The van der Waals surface area contributed by atoms with Gasteiger partial charge in [-0.3, -0.25) is 4.79 Å². The number of rotatable bonds is 3. The standard InChI is InChI=1S/C21H25FN4O2/c1-15-13-17(3-4-18(15)22)19-14-26(11-12-28-19)20(27)16-5-9-25(10-6-16)21-23-7-2-8-24-21/h2-4,7-8,13,16,19H,5-6,9-12,14H2,1H3/t19-/m1/s1. The maximum Gasteiger partial charge on any atom is 0.225 e. The number of nitrogens with zero attached hydrogens (tertiary/aromatic N) is 4. The number of aryl methyl sites for hydroxylation is 1. The molecular formula is C21H25FN4O2. The van der Waals surface area contributed by atoms with E-state index in [1.54, 1.807) is 31.5 Å². The highest BCUT2D eigenvalue weighted by Gasteiger charge is 2.32. The number of halogens is 1. The number of aromatic nitrogens is 2.